The molecule has 1 fully saturated rings. The molecule has 0 amide bonds. The van der Waals surface area contributed by atoms with E-state index in [0.717, 1.165) is 17.6 Å². The van der Waals surface area contributed by atoms with Crippen molar-refractivity contribution >= 4 is 0 Å². The highest BCUT2D eigenvalue weighted by Crippen LogP contribution is 2.13. The highest BCUT2D eigenvalue weighted by atomic mass is 19.2. The number of nitrogens with zero attached hydrogens (tertiary/aromatic N) is 2. The number of quaternary nitrogens is 2. The fourth-order valence-electron chi connectivity index (χ4n) is 1.18. The lowest BCUT2D eigenvalue weighted by Crippen LogP contribution is -2.58. The summed E-state index contributed by atoms with van der Waals surface area (Å²) >= 11 is 0. The maximum atomic E-state index is 13.1. The standard InChI is InChI=1S/C7H17FN2/c1-9(2)4-6-10(3,8)7-5-9/h4-7H2,1-3H3/q+2. The molecule has 0 radical (unpaired) electrons. The first-order chi connectivity index (χ1) is 4.41. The topological polar surface area (TPSA) is 0 Å². The van der Waals surface area contributed by atoms with Crippen molar-refractivity contribution < 1.29 is 13.7 Å². The molecule has 0 bridgehead atoms. The van der Waals surface area contributed by atoms with E-state index in [0.29, 0.717) is 13.1 Å². The highest BCUT2D eigenvalue weighted by Gasteiger charge is 2.35. The van der Waals surface area contributed by atoms with Crippen molar-refractivity contribution in [2.75, 3.05) is 47.3 Å². The molecule has 1 saturated heterocycles. The van der Waals surface area contributed by atoms with Crippen molar-refractivity contribution in [3.8, 4) is 0 Å². The van der Waals surface area contributed by atoms with Crippen LogP contribution in [0.4, 0.5) is 4.48 Å². The SMILES string of the molecule is C[N+]1(C)CC[N+](C)(F)CC1. The normalized spacial score (nSPS) is 30.0. The third-order valence-electron chi connectivity index (χ3n) is 2.34. The van der Waals surface area contributed by atoms with Gasteiger partial charge in [-0.15, -0.1) is 4.71 Å². The summed E-state index contributed by atoms with van der Waals surface area (Å²) in [6.45, 7) is 3.22. The van der Waals surface area contributed by atoms with Crippen LogP contribution in [0.15, 0.2) is 0 Å². The summed E-state index contributed by atoms with van der Waals surface area (Å²) in [6.07, 6.45) is 0. The Hall–Kier alpha value is -0.150. The Balaban J connectivity index is 2.46. The largest absolute Gasteiger partial charge is 0.319 e. The smallest absolute Gasteiger partial charge is 0.164 e. The van der Waals surface area contributed by atoms with Crippen molar-refractivity contribution in [3.63, 3.8) is 0 Å². The summed E-state index contributed by atoms with van der Waals surface area (Å²) < 4.78 is 13.8. The minimum absolute atomic E-state index is 0.290. The summed E-state index contributed by atoms with van der Waals surface area (Å²) in [4.78, 5) is 0. The van der Waals surface area contributed by atoms with Crippen LogP contribution in [0.2, 0.25) is 0 Å². The van der Waals surface area contributed by atoms with E-state index in [1.165, 1.54) is 0 Å². The Kier molecular flexibility index (Phi) is 1.73. The van der Waals surface area contributed by atoms with Crippen LogP contribution in [-0.2, 0) is 0 Å². The lowest BCUT2D eigenvalue weighted by molar-refractivity contribution is -1.09. The molecule has 60 valence electrons. The molecule has 0 aromatic rings. The van der Waals surface area contributed by atoms with Gasteiger partial charge in [0.2, 0.25) is 0 Å². The average Bonchev–Trinajstić information content (AvgIpc) is 1.79. The van der Waals surface area contributed by atoms with E-state index in [1.807, 2.05) is 0 Å². The maximum Gasteiger partial charge on any atom is 0.164 e. The van der Waals surface area contributed by atoms with E-state index >= 15 is 0 Å². The van der Waals surface area contributed by atoms with Crippen LogP contribution >= 0.6 is 0 Å². The van der Waals surface area contributed by atoms with Crippen molar-refractivity contribution in [2.24, 2.45) is 0 Å². The van der Waals surface area contributed by atoms with Crippen LogP contribution in [0, 0.1) is 0 Å². The number of piperazine rings is 1. The van der Waals surface area contributed by atoms with Gasteiger partial charge in [-0.2, -0.15) is 0 Å². The molecule has 0 saturated carbocycles. The van der Waals surface area contributed by atoms with Gasteiger partial charge in [0.15, 0.2) is 13.1 Å². The minimum Gasteiger partial charge on any atom is -0.319 e. The molecule has 0 unspecified atom stereocenters. The van der Waals surface area contributed by atoms with Gasteiger partial charge in [-0.1, -0.05) is 0 Å². The van der Waals surface area contributed by atoms with E-state index in [1.54, 1.807) is 7.05 Å². The molecule has 3 heteroatoms. The van der Waals surface area contributed by atoms with Crippen LogP contribution in [0.3, 0.4) is 0 Å². The first kappa shape index (κ1) is 7.95. The Bertz CT molecular complexity index is 104. The molecule has 10 heavy (non-hydrogen) atoms. The van der Waals surface area contributed by atoms with Crippen molar-refractivity contribution in [1.29, 1.82) is 0 Å². The third-order valence-corrected chi connectivity index (χ3v) is 2.34. The summed E-state index contributed by atoms with van der Waals surface area (Å²) in [5.74, 6) is 0. The van der Waals surface area contributed by atoms with Crippen LogP contribution in [0.1, 0.15) is 0 Å². The number of likely N-dealkylation sites (N-methyl/N-ethyl adjacent to an activating group) is 2. The number of hydrogen-bond acceptors (Lipinski definition) is 0. The molecular formula is C7H17FN2+2. The van der Waals surface area contributed by atoms with E-state index in [2.05, 4.69) is 14.1 Å². The van der Waals surface area contributed by atoms with Crippen LogP contribution < -0.4 is 0 Å². The van der Waals surface area contributed by atoms with Gasteiger partial charge in [0.05, 0.1) is 14.1 Å². The molecule has 0 N–H and O–H groups in total. The van der Waals surface area contributed by atoms with Crippen molar-refractivity contribution in [2.45, 2.75) is 0 Å². The molecule has 0 aliphatic carbocycles. The second kappa shape index (κ2) is 2.17. The van der Waals surface area contributed by atoms with Gasteiger partial charge >= 0.3 is 0 Å². The third kappa shape index (κ3) is 1.92. The monoisotopic (exact) mass is 148 g/mol. The Morgan fingerprint density at radius 2 is 1.30 bits per heavy atom. The van der Waals surface area contributed by atoms with E-state index in [9.17, 15) is 4.48 Å². The lowest BCUT2D eigenvalue weighted by atomic mass is 10.3. The molecule has 0 aromatic carbocycles. The number of hydrogen-bond donors (Lipinski definition) is 0. The fraction of sp³-hybridized carbons (Fsp3) is 1.00. The second-order valence-electron chi connectivity index (χ2n) is 4.09. The Morgan fingerprint density at radius 3 is 1.60 bits per heavy atom. The maximum absolute atomic E-state index is 13.1. The number of halogens is 1. The molecule has 0 aromatic heterocycles. The quantitative estimate of drug-likeness (QED) is 0.345. The van der Waals surface area contributed by atoms with Crippen LogP contribution in [0.5, 0.6) is 0 Å². The van der Waals surface area contributed by atoms with Gasteiger partial charge < -0.3 is 4.48 Å². The Labute approximate surface area is 62.0 Å². The minimum atomic E-state index is -0.290. The van der Waals surface area contributed by atoms with Crippen LogP contribution in [-0.4, -0.2) is 56.5 Å². The zero-order chi connectivity index (χ0) is 7.83. The van der Waals surface area contributed by atoms with Gasteiger partial charge in [-0.25, -0.2) is 0 Å². The zero-order valence-electron chi connectivity index (χ0n) is 7.10. The van der Waals surface area contributed by atoms with Crippen LogP contribution in [0.25, 0.3) is 0 Å². The van der Waals surface area contributed by atoms with E-state index in [4.69, 9.17) is 0 Å². The van der Waals surface area contributed by atoms with Gasteiger partial charge in [0.25, 0.3) is 0 Å². The van der Waals surface area contributed by atoms with Gasteiger partial charge in [0.1, 0.15) is 20.1 Å². The first-order valence-electron chi connectivity index (χ1n) is 3.78. The second-order valence-corrected chi connectivity index (χ2v) is 4.09. The highest BCUT2D eigenvalue weighted by molar-refractivity contribution is 4.41. The molecule has 1 rings (SSSR count). The molecular weight excluding hydrogens is 131 g/mol. The predicted octanol–water partition coefficient (Wildman–Crippen LogP) is 0.407. The first-order valence-corrected chi connectivity index (χ1v) is 3.78. The summed E-state index contributed by atoms with van der Waals surface area (Å²) in [5.41, 5.74) is 0. The molecule has 2 nitrogen and oxygen atoms in total. The van der Waals surface area contributed by atoms with E-state index in [-0.39, 0.29) is 4.71 Å². The lowest BCUT2D eigenvalue weighted by Gasteiger charge is -2.37. The van der Waals surface area contributed by atoms with Gasteiger partial charge in [0, 0.05) is 0 Å². The zero-order valence-corrected chi connectivity index (χ0v) is 7.10. The molecule has 1 aliphatic heterocycles. The summed E-state index contributed by atoms with van der Waals surface area (Å²) in [5, 5.41) is 0. The molecule has 1 aliphatic rings. The van der Waals surface area contributed by atoms with Gasteiger partial charge in [-0.05, 0) is 4.48 Å². The van der Waals surface area contributed by atoms with Gasteiger partial charge in [-0.3, -0.25) is 0 Å². The van der Waals surface area contributed by atoms with E-state index < -0.39 is 0 Å². The summed E-state index contributed by atoms with van der Waals surface area (Å²) in [6, 6.07) is 0. The Morgan fingerprint density at radius 1 is 0.900 bits per heavy atom. The molecule has 1 heterocycles. The molecule has 0 atom stereocenters. The molecule has 0 spiro atoms. The summed E-state index contributed by atoms with van der Waals surface area (Å²) in [7, 11) is 5.96. The van der Waals surface area contributed by atoms with Crippen molar-refractivity contribution in [1.82, 2.24) is 0 Å². The van der Waals surface area contributed by atoms with Crippen molar-refractivity contribution in [3.05, 3.63) is 0 Å². The average molecular weight is 148 g/mol. The fourth-order valence-corrected chi connectivity index (χ4v) is 1.18. The number of rotatable bonds is 0. The predicted molar refractivity (Wildman–Crippen MR) is 38.9 cm³/mol.